The molecule has 2 heterocycles. The number of rotatable bonds is 17. The van der Waals surface area contributed by atoms with Crippen molar-refractivity contribution in [2.24, 2.45) is 0 Å². The van der Waals surface area contributed by atoms with E-state index in [2.05, 4.69) is 26.2 Å². The Morgan fingerprint density at radius 2 is 0.984 bits per heavy atom. The van der Waals surface area contributed by atoms with Crippen LogP contribution < -0.4 is 26.2 Å². The molecule has 322 valence electrons. The average molecular weight is 838 g/mol. The molecule has 12 heteroatoms. The van der Waals surface area contributed by atoms with Crippen LogP contribution in [0.1, 0.15) is 73.9 Å². The normalized spacial score (nSPS) is 17.0. The molecule has 2 saturated heterocycles. The molecule has 2 aliphatic rings. The number of carbonyl (C=O) groups is 4. The summed E-state index contributed by atoms with van der Waals surface area (Å²) in [7, 11) is 0. The highest BCUT2D eigenvalue weighted by atomic mass is 19.1. The average Bonchev–Trinajstić information content (AvgIpc) is 4.01. The van der Waals surface area contributed by atoms with Gasteiger partial charge >= 0.3 is 0 Å². The second-order valence-electron chi connectivity index (χ2n) is 15.9. The second-order valence-corrected chi connectivity index (χ2v) is 15.9. The number of halogens is 1. The summed E-state index contributed by atoms with van der Waals surface area (Å²) in [5, 5.41) is 12.7. The molecule has 0 aliphatic carbocycles. The zero-order valence-electron chi connectivity index (χ0n) is 35.4. The van der Waals surface area contributed by atoms with Crippen molar-refractivity contribution in [2.75, 3.05) is 41.7 Å². The highest BCUT2D eigenvalue weighted by molar-refractivity contribution is 5.99. The van der Waals surface area contributed by atoms with Gasteiger partial charge in [-0.3, -0.25) is 19.2 Å². The highest BCUT2D eigenvalue weighted by Crippen LogP contribution is 2.28. The van der Waals surface area contributed by atoms with Gasteiger partial charge in [-0.25, -0.2) is 4.39 Å². The topological polar surface area (TPSA) is 126 Å². The van der Waals surface area contributed by atoms with Gasteiger partial charge in [-0.05, 0) is 110 Å². The summed E-state index contributed by atoms with van der Waals surface area (Å²) in [6, 6.07) is 38.7. The van der Waals surface area contributed by atoms with E-state index in [4.69, 9.17) is 0 Å². The van der Waals surface area contributed by atoms with Gasteiger partial charge in [0.25, 0.3) is 0 Å². The van der Waals surface area contributed by atoms with E-state index in [0.29, 0.717) is 63.5 Å². The highest BCUT2D eigenvalue weighted by Gasteiger charge is 2.39. The first-order valence-electron chi connectivity index (χ1n) is 21.7. The van der Waals surface area contributed by atoms with Crippen molar-refractivity contribution < 1.29 is 23.6 Å². The van der Waals surface area contributed by atoms with Gasteiger partial charge in [0.1, 0.15) is 30.0 Å². The third-order valence-electron chi connectivity index (χ3n) is 11.6. The summed E-state index contributed by atoms with van der Waals surface area (Å²) in [5.74, 6) is -0.960. The van der Waals surface area contributed by atoms with E-state index in [1.807, 2.05) is 123 Å². The molecule has 0 spiro atoms. The van der Waals surface area contributed by atoms with Crippen molar-refractivity contribution in [3.05, 3.63) is 162 Å². The maximum absolute atomic E-state index is 14.0. The Labute approximate surface area is 363 Å². The van der Waals surface area contributed by atoms with E-state index in [9.17, 15) is 23.6 Å². The van der Waals surface area contributed by atoms with E-state index in [0.717, 1.165) is 40.8 Å². The summed E-state index contributed by atoms with van der Waals surface area (Å²) in [6.45, 7) is 7.20. The number of likely N-dealkylation sites (tertiary alicyclic amines) is 2. The number of carbonyl (C=O) groups excluding carboxylic acids is 4. The van der Waals surface area contributed by atoms with E-state index >= 15 is 0 Å². The summed E-state index contributed by atoms with van der Waals surface area (Å²) in [5.41, 5.74) is 5.79. The van der Waals surface area contributed by atoms with Crippen LogP contribution in [0.5, 0.6) is 0 Å². The summed E-state index contributed by atoms with van der Waals surface area (Å²) in [6.07, 6.45) is 2.69. The lowest BCUT2D eigenvalue weighted by atomic mass is 10.0. The van der Waals surface area contributed by atoms with Crippen molar-refractivity contribution in [1.82, 2.24) is 20.4 Å². The monoisotopic (exact) mass is 837 g/mol. The van der Waals surface area contributed by atoms with Crippen LogP contribution >= 0.6 is 0 Å². The molecule has 7 rings (SSSR count). The van der Waals surface area contributed by atoms with E-state index in [1.54, 1.807) is 21.9 Å². The fourth-order valence-electron chi connectivity index (χ4n) is 8.50. The van der Waals surface area contributed by atoms with Crippen molar-refractivity contribution >= 4 is 40.7 Å². The molecule has 4 amide bonds. The zero-order valence-corrected chi connectivity index (χ0v) is 35.4. The smallest absolute Gasteiger partial charge is 0.247 e. The lowest BCUT2D eigenvalue weighted by molar-refractivity contribution is -0.138. The molecule has 4 N–H and O–H groups in total. The predicted octanol–water partition coefficient (Wildman–Crippen LogP) is 7.59. The maximum Gasteiger partial charge on any atom is 0.247 e. The Morgan fingerprint density at radius 1 is 0.581 bits per heavy atom. The van der Waals surface area contributed by atoms with Crippen LogP contribution in [0.4, 0.5) is 21.5 Å². The number of hydrogen-bond donors (Lipinski definition) is 4. The Bertz CT molecular complexity index is 2120. The Hall–Kier alpha value is -6.37. The molecule has 11 nitrogen and oxygen atoms in total. The molecule has 0 saturated carbocycles. The summed E-state index contributed by atoms with van der Waals surface area (Å²) in [4.78, 5) is 60.3. The zero-order chi connectivity index (χ0) is 43.4. The van der Waals surface area contributed by atoms with Gasteiger partial charge < -0.3 is 36.0 Å². The van der Waals surface area contributed by atoms with Gasteiger partial charge in [0.15, 0.2) is 0 Å². The quantitative estimate of drug-likeness (QED) is 0.0761. The molecule has 1 unspecified atom stereocenters. The summed E-state index contributed by atoms with van der Waals surface area (Å²) < 4.78 is 14.0. The van der Waals surface area contributed by atoms with Crippen molar-refractivity contribution in [2.45, 2.75) is 76.8 Å². The molecule has 2 fully saturated rings. The van der Waals surface area contributed by atoms with E-state index < -0.39 is 24.2 Å². The Balaban J connectivity index is 0.978. The van der Waals surface area contributed by atoms with Crippen LogP contribution in [0.25, 0.3) is 0 Å². The largest absolute Gasteiger partial charge is 0.363 e. The molecule has 5 aromatic carbocycles. The standard InChI is InChI=1S/C50H56FN7O4/c1-3-52-45(37-13-7-5-8-14-37)49(61)57-31-11-17-43(57)47(59)54-40-25-19-35(20-26-40)33-56(42-29-23-39(51)24-30-42)34-36-21-27-41(28-22-36)55-48(60)44-18-12-32-58(44)50(62)46(53-4-2)38-15-9-6-10-16-38/h5-10,13-16,19-30,43-46,52-53H,3-4,11-12,17-18,31-34H2,1-2H3,(H,54,59)(H,55,60)/t43-,44?,45+,46+/m0/s1. The minimum absolute atomic E-state index is 0.104. The number of benzene rings is 5. The molecule has 0 aromatic heterocycles. The van der Waals surface area contributed by atoms with Crippen LogP contribution in [0, 0.1) is 5.82 Å². The molecular formula is C50H56FN7O4. The molecule has 5 aromatic rings. The molecule has 0 bridgehead atoms. The Kier molecular flexibility index (Phi) is 14.8. The molecule has 0 radical (unpaired) electrons. The van der Waals surface area contributed by atoms with Crippen molar-refractivity contribution in [3.8, 4) is 0 Å². The van der Waals surface area contributed by atoms with Gasteiger partial charge in [-0.15, -0.1) is 0 Å². The van der Waals surface area contributed by atoms with Crippen LogP contribution in [-0.4, -0.2) is 71.7 Å². The van der Waals surface area contributed by atoms with Gasteiger partial charge in [0, 0.05) is 43.2 Å². The Morgan fingerprint density at radius 3 is 1.37 bits per heavy atom. The van der Waals surface area contributed by atoms with Gasteiger partial charge in [0.2, 0.25) is 23.6 Å². The van der Waals surface area contributed by atoms with E-state index in [1.165, 1.54) is 12.1 Å². The number of nitrogens with one attached hydrogen (secondary N) is 4. The van der Waals surface area contributed by atoms with Crippen LogP contribution in [0.15, 0.2) is 133 Å². The fourth-order valence-corrected chi connectivity index (χ4v) is 8.50. The number of likely N-dealkylation sites (N-methyl/N-ethyl adjacent to an activating group) is 2. The number of nitrogens with zero attached hydrogens (tertiary/aromatic N) is 3. The number of anilines is 3. The molecule has 2 aliphatic heterocycles. The summed E-state index contributed by atoms with van der Waals surface area (Å²) >= 11 is 0. The SMILES string of the molecule is CCN[C@@H](C(=O)N1CCCC1C(=O)Nc1ccc(CN(Cc2ccc(NC(=O)[C@@H]3CCCN3C(=O)[C@H](NCC)c3ccccc3)cc2)c2ccc(F)cc2)cc1)c1ccccc1. The van der Waals surface area contributed by atoms with Gasteiger partial charge in [-0.2, -0.15) is 0 Å². The minimum Gasteiger partial charge on any atom is -0.363 e. The van der Waals surface area contributed by atoms with Crippen molar-refractivity contribution in [3.63, 3.8) is 0 Å². The lowest BCUT2D eigenvalue weighted by Gasteiger charge is -2.29. The number of hydrogen-bond acceptors (Lipinski definition) is 7. The minimum atomic E-state index is -0.567. The van der Waals surface area contributed by atoms with Crippen LogP contribution in [-0.2, 0) is 32.3 Å². The first kappa shape index (κ1) is 43.7. The lowest BCUT2D eigenvalue weighted by Crippen LogP contribution is -2.47. The maximum atomic E-state index is 14.0. The third kappa shape index (κ3) is 10.7. The van der Waals surface area contributed by atoms with E-state index in [-0.39, 0.29) is 29.4 Å². The molecule has 4 atom stereocenters. The van der Waals surface area contributed by atoms with Gasteiger partial charge in [-0.1, -0.05) is 98.8 Å². The molecule has 62 heavy (non-hydrogen) atoms. The van der Waals surface area contributed by atoms with Crippen LogP contribution in [0.2, 0.25) is 0 Å². The predicted molar refractivity (Wildman–Crippen MR) is 242 cm³/mol. The van der Waals surface area contributed by atoms with Crippen LogP contribution in [0.3, 0.4) is 0 Å². The molecular weight excluding hydrogens is 782 g/mol. The van der Waals surface area contributed by atoms with Gasteiger partial charge in [0.05, 0.1) is 0 Å². The second kappa shape index (κ2) is 20.9. The number of amides is 4. The first-order valence-corrected chi connectivity index (χ1v) is 21.7. The fraction of sp³-hybridized carbons (Fsp3) is 0.320. The van der Waals surface area contributed by atoms with Crippen molar-refractivity contribution in [1.29, 1.82) is 0 Å². The third-order valence-corrected chi connectivity index (χ3v) is 11.6. The first-order chi connectivity index (χ1) is 30.2.